The summed E-state index contributed by atoms with van der Waals surface area (Å²) in [6.45, 7) is 13.3. The molecule has 0 radical (unpaired) electrons. The minimum absolute atomic E-state index is 0.642. The van der Waals surface area contributed by atoms with Gasteiger partial charge in [0.2, 0.25) is 0 Å². The first-order valence-electron chi connectivity index (χ1n) is 7.23. The van der Waals surface area contributed by atoms with Crippen LogP contribution in [0.5, 0.6) is 0 Å². The molecule has 3 atom stereocenters. The highest BCUT2D eigenvalue weighted by molar-refractivity contribution is 4.97. The van der Waals surface area contributed by atoms with Crippen molar-refractivity contribution >= 4 is 0 Å². The first-order valence-corrected chi connectivity index (χ1v) is 7.23. The second-order valence-electron chi connectivity index (χ2n) is 6.23. The highest BCUT2D eigenvalue weighted by Crippen LogP contribution is 2.35. The fourth-order valence-corrected chi connectivity index (χ4v) is 3.13. The van der Waals surface area contributed by atoms with E-state index in [2.05, 4.69) is 43.6 Å². The largest absolute Gasteiger partial charge is 0.311 e. The molecule has 2 heteroatoms. The van der Waals surface area contributed by atoms with E-state index in [1.165, 1.54) is 25.9 Å². The number of nitrogens with zero attached hydrogens (tertiary/aromatic N) is 1. The average Bonchev–Trinajstić information content (AvgIpc) is 3.12. The molecule has 0 aromatic carbocycles. The Bertz CT molecular complexity index is 258. The number of piperazine rings is 1. The molecule has 0 amide bonds. The maximum absolute atomic E-state index is 3.89. The van der Waals surface area contributed by atoms with Crippen molar-refractivity contribution in [3.05, 3.63) is 12.7 Å². The summed E-state index contributed by atoms with van der Waals surface area (Å²) in [6, 6.07) is 2.08. The third-order valence-electron chi connectivity index (χ3n) is 4.46. The van der Waals surface area contributed by atoms with E-state index in [1.54, 1.807) is 0 Å². The van der Waals surface area contributed by atoms with E-state index < -0.39 is 0 Å². The van der Waals surface area contributed by atoms with Crippen molar-refractivity contribution < 1.29 is 0 Å². The summed E-state index contributed by atoms with van der Waals surface area (Å²) in [6.07, 6.45) is 6.05. The Morgan fingerprint density at radius 3 is 2.59 bits per heavy atom. The number of rotatable bonds is 5. The van der Waals surface area contributed by atoms with Crippen molar-refractivity contribution in [1.29, 1.82) is 0 Å². The quantitative estimate of drug-likeness (QED) is 0.738. The highest BCUT2D eigenvalue weighted by atomic mass is 15.3. The summed E-state index contributed by atoms with van der Waals surface area (Å²) in [5.41, 5.74) is 0. The van der Waals surface area contributed by atoms with E-state index in [-0.39, 0.29) is 0 Å². The van der Waals surface area contributed by atoms with E-state index in [1.807, 2.05) is 0 Å². The fraction of sp³-hybridized carbons (Fsp3) is 0.867. The van der Waals surface area contributed by atoms with Crippen molar-refractivity contribution in [2.45, 2.75) is 58.2 Å². The van der Waals surface area contributed by atoms with Gasteiger partial charge in [0.15, 0.2) is 0 Å². The second-order valence-corrected chi connectivity index (χ2v) is 6.23. The van der Waals surface area contributed by atoms with Crippen LogP contribution in [0.4, 0.5) is 0 Å². The molecule has 98 valence electrons. The minimum atomic E-state index is 0.642. The van der Waals surface area contributed by atoms with Gasteiger partial charge >= 0.3 is 0 Å². The van der Waals surface area contributed by atoms with E-state index in [0.717, 1.165) is 24.3 Å². The Kier molecular flexibility index (Phi) is 4.26. The summed E-state index contributed by atoms with van der Waals surface area (Å²) in [5, 5.41) is 3.77. The van der Waals surface area contributed by atoms with Crippen LogP contribution in [0.25, 0.3) is 0 Å². The van der Waals surface area contributed by atoms with E-state index in [9.17, 15) is 0 Å². The summed E-state index contributed by atoms with van der Waals surface area (Å²) in [7, 11) is 0. The van der Waals surface area contributed by atoms with Crippen molar-refractivity contribution in [2.75, 3.05) is 13.1 Å². The van der Waals surface area contributed by atoms with Gasteiger partial charge < -0.3 is 5.32 Å². The maximum atomic E-state index is 3.89. The first kappa shape index (κ1) is 13.1. The Labute approximate surface area is 106 Å². The fourth-order valence-electron chi connectivity index (χ4n) is 3.13. The van der Waals surface area contributed by atoms with Crippen LogP contribution in [0.15, 0.2) is 12.7 Å². The van der Waals surface area contributed by atoms with E-state index >= 15 is 0 Å². The van der Waals surface area contributed by atoms with Crippen LogP contribution >= 0.6 is 0 Å². The lowest BCUT2D eigenvalue weighted by molar-refractivity contribution is 0.0584. The van der Waals surface area contributed by atoms with Crippen LogP contribution in [-0.4, -0.2) is 36.1 Å². The van der Waals surface area contributed by atoms with Gasteiger partial charge in [0.25, 0.3) is 0 Å². The molecule has 2 nitrogen and oxygen atoms in total. The lowest BCUT2D eigenvalue weighted by Gasteiger charge is -2.45. The van der Waals surface area contributed by atoms with Crippen LogP contribution < -0.4 is 5.32 Å². The van der Waals surface area contributed by atoms with Gasteiger partial charge in [-0.2, -0.15) is 0 Å². The normalized spacial score (nSPS) is 32.7. The molecular formula is C15H28N2. The predicted octanol–water partition coefficient (Wildman–Crippen LogP) is 2.66. The van der Waals surface area contributed by atoms with Gasteiger partial charge in [0.1, 0.15) is 0 Å². The van der Waals surface area contributed by atoms with Gasteiger partial charge in [0, 0.05) is 31.2 Å². The minimum Gasteiger partial charge on any atom is -0.311 e. The molecule has 0 spiro atoms. The van der Waals surface area contributed by atoms with Crippen LogP contribution in [-0.2, 0) is 0 Å². The second kappa shape index (κ2) is 5.53. The zero-order valence-electron chi connectivity index (χ0n) is 11.7. The van der Waals surface area contributed by atoms with E-state index in [0.29, 0.717) is 12.1 Å². The molecule has 0 aromatic heterocycles. The molecule has 1 aliphatic carbocycles. The third-order valence-corrected chi connectivity index (χ3v) is 4.46. The zero-order valence-corrected chi connectivity index (χ0v) is 11.7. The lowest BCUT2D eigenvalue weighted by Crippen LogP contribution is -2.61. The summed E-state index contributed by atoms with van der Waals surface area (Å²) in [4.78, 5) is 2.73. The molecule has 1 saturated heterocycles. The number of hydrogen-bond acceptors (Lipinski definition) is 2. The van der Waals surface area contributed by atoms with Crippen molar-refractivity contribution in [1.82, 2.24) is 10.2 Å². The van der Waals surface area contributed by atoms with E-state index in [4.69, 9.17) is 0 Å². The molecule has 1 aliphatic heterocycles. The Morgan fingerprint density at radius 1 is 1.35 bits per heavy atom. The van der Waals surface area contributed by atoms with Gasteiger partial charge in [-0.15, -0.1) is 6.58 Å². The zero-order chi connectivity index (χ0) is 12.4. The molecule has 0 aromatic rings. The summed E-state index contributed by atoms with van der Waals surface area (Å²) < 4.78 is 0. The predicted molar refractivity (Wildman–Crippen MR) is 74.1 cm³/mol. The number of nitrogens with one attached hydrogen (secondary N) is 1. The molecule has 0 bridgehead atoms. The summed E-state index contributed by atoms with van der Waals surface area (Å²) in [5.74, 6) is 1.69. The van der Waals surface area contributed by atoms with Crippen LogP contribution in [0.3, 0.4) is 0 Å². The Balaban J connectivity index is 2.00. The molecule has 3 unspecified atom stereocenters. The third kappa shape index (κ3) is 3.11. The molecular weight excluding hydrogens is 208 g/mol. The van der Waals surface area contributed by atoms with Crippen LogP contribution in [0.1, 0.15) is 40.0 Å². The molecule has 1 N–H and O–H groups in total. The molecule has 2 fully saturated rings. The Hall–Kier alpha value is -0.340. The smallest absolute Gasteiger partial charge is 0.0247 e. The van der Waals surface area contributed by atoms with Gasteiger partial charge in [-0.3, -0.25) is 4.90 Å². The lowest BCUT2D eigenvalue weighted by atomic mass is 9.94. The topological polar surface area (TPSA) is 15.3 Å². The Morgan fingerprint density at radius 2 is 2.06 bits per heavy atom. The number of hydrogen-bond donors (Lipinski definition) is 1. The van der Waals surface area contributed by atoms with Crippen molar-refractivity contribution in [2.24, 2.45) is 11.8 Å². The van der Waals surface area contributed by atoms with Gasteiger partial charge in [-0.1, -0.05) is 19.9 Å². The standard InChI is InChI=1S/C15H28N2/c1-5-6-12(4)17-10-14(13-7-8-13)16-9-15(17)11(2)3/h5,11-16H,1,6-10H2,2-4H3. The average molecular weight is 236 g/mol. The highest BCUT2D eigenvalue weighted by Gasteiger charge is 2.39. The molecule has 2 aliphatic rings. The van der Waals surface area contributed by atoms with Gasteiger partial charge in [-0.25, -0.2) is 0 Å². The van der Waals surface area contributed by atoms with Gasteiger partial charge in [0.05, 0.1) is 0 Å². The SMILES string of the molecule is C=CCC(C)N1CC(C2CC2)NCC1C(C)C. The van der Waals surface area contributed by atoms with Crippen molar-refractivity contribution in [3.63, 3.8) is 0 Å². The molecule has 17 heavy (non-hydrogen) atoms. The monoisotopic (exact) mass is 236 g/mol. The first-order chi connectivity index (χ1) is 8.13. The van der Waals surface area contributed by atoms with Crippen LogP contribution in [0, 0.1) is 11.8 Å². The molecule has 2 rings (SSSR count). The van der Waals surface area contributed by atoms with Crippen molar-refractivity contribution in [3.8, 4) is 0 Å². The van der Waals surface area contributed by atoms with Crippen LogP contribution in [0.2, 0.25) is 0 Å². The molecule has 1 heterocycles. The summed E-state index contributed by atoms with van der Waals surface area (Å²) >= 11 is 0. The molecule has 1 saturated carbocycles. The van der Waals surface area contributed by atoms with Gasteiger partial charge in [-0.05, 0) is 38.0 Å². The maximum Gasteiger partial charge on any atom is 0.0247 e.